The van der Waals surface area contributed by atoms with Crippen LogP contribution in [-0.4, -0.2) is 57.7 Å². The molecule has 1 saturated heterocycles. The zero-order valence-corrected chi connectivity index (χ0v) is 12.9. The van der Waals surface area contributed by atoms with Gasteiger partial charge >= 0.3 is 0 Å². The number of hydrogen-bond donors (Lipinski definition) is 1. The monoisotopic (exact) mass is 312 g/mol. The van der Waals surface area contributed by atoms with Crippen LogP contribution >= 0.6 is 0 Å². The third-order valence-corrected chi connectivity index (χ3v) is 4.63. The van der Waals surface area contributed by atoms with E-state index >= 15 is 0 Å². The van der Waals surface area contributed by atoms with Gasteiger partial charge in [-0.3, -0.25) is 4.79 Å². The predicted octanol–water partition coefficient (Wildman–Crippen LogP) is -0.942. The van der Waals surface area contributed by atoms with E-state index in [1.807, 2.05) is 25.1 Å². The lowest BCUT2D eigenvalue weighted by molar-refractivity contribution is -0.898. The van der Waals surface area contributed by atoms with Gasteiger partial charge in [-0.2, -0.15) is 0 Å². The lowest BCUT2D eigenvalue weighted by atomic mass is 10.1. The highest BCUT2D eigenvalue weighted by Crippen LogP contribution is 2.18. The molecule has 0 atom stereocenters. The van der Waals surface area contributed by atoms with Crippen LogP contribution in [0.25, 0.3) is 0 Å². The molecule has 6 nitrogen and oxygen atoms in total. The summed E-state index contributed by atoms with van der Waals surface area (Å²) in [7, 11) is -4.12. The van der Waals surface area contributed by atoms with Crippen LogP contribution in [0.15, 0.2) is 18.2 Å². The number of anilines is 1. The first-order valence-electron chi connectivity index (χ1n) is 6.97. The Kier molecular flexibility index (Phi) is 4.97. The smallest absolute Gasteiger partial charge is 0.150 e. The van der Waals surface area contributed by atoms with Crippen LogP contribution < -0.4 is 9.80 Å². The van der Waals surface area contributed by atoms with Crippen LogP contribution in [0, 0.1) is 6.92 Å². The van der Waals surface area contributed by atoms with E-state index in [4.69, 9.17) is 0 Å². The Bertz CT molecular complexity index is 607. The zero-order valence-electron chi connectivity index (χ0n) is 12.0. The minimum atomic E-state index is -4.12. The maximum absolute atomic E-state index is 10.8. The van der Waals surface area contributed by atoms with Gasteiger partial charge in [0.25, 0.3) is 0 Å². The topological polar surface area (TPSA) is 81.9 Å². The van der Waals surface area contributed by atoms with E-state index in [1.54, 1.807) is 0 Å². The summed E-state index contributed by atoms with van der Waals surface area (Å²) in [6.45, 7) is 5.53. The molecule has 0 saturated carbocycles. The van der Waals surface area contributed by atoms with E-state index in [-0.39, 0.29) is 5.75 Å². The third kappa shape index (κ3) is 4.52. The van der Waals surface area contributed by atoms with Crippen molar-refractivity contribution in [3.8, 4) is 0 Å². The number of nitrogens with one attached hydrogen (secondary N) is 1. The number of nitrogens with zero attached hydrogens (tertiary/aromatic N) is 1. The minimum Gasteiger partial charge on any atom is -0.748 e. The first-order valence-corrected chi connectivity index (χ1v) is 8.55. The first kappa shape index (κ1) is 15.9. The van der Waals surface area contributed by atoms with Crippen molar-refractivity contribution < 1.29 is 22.7 Å². The van der Waals surface area contributed by atoms with Gasteiger partial charge in [0, 0.05) is 11.3 Å². The largest absolute Gasteiger partial charge is 0.748 e. The quantitative estimate of drug-likeness (QED) is 0.560. The van der Waals surface area contributed by atoms with Crippen molar-refractivity contribution in [3.63, 3.8) is 0 Å². The number of aldehydes is 1. The van der Waals surface area contributed by atoms with Crippen molar-refractivity contribution in [2.45, 2.75) is 6.92 Å². The van der Waals surface area contributed by atoms with E-state index in [9.17, 15) is 17.8 Å². The number of carbonyl (C=O) groups is 1. The number of aryl methyl sites for hydroxylation is 1. The van der Waals surface area contributed by atoms with Gasteiger partial charge in [0.15, 0.2) is 0 Å². The first-order chi connectivity index (χ1) is 9.89. The van der Waals surface area contributed by atoms with E-state index in [1.165, 1.54) is 0 Å². The average Bonchev–Trinajstić information content (AvgIpc) is 2.45. The van der Waals surface area contributed by atoms with Crippen LogP contribution in [0.2, 0.25) is 0 Å². The number of rotatable bonds is 5. The second kappa shape index (κ2) is 6.55. The molecule has 0 unspecified atom stereocenters. The molecule has 116 valence electrons. The van der Waals surface area contributed by atoms with Crippen molar-refractivity contribution in [2.24, 2.45) is 0 Å². The minimum absolute atomic E-state index is 0.296. The summed E-state index contributed by atoms with van der Waals surface area (Å²) in [6, 6.07) is 5.75. The Hall–Kier alpha value is -1.44. The van der Waals surface area contributed by atoms with Gasteiger partial charge in [0.1, 0.15) is 16.4 Å². The highest BCUT2D eigenvalue weighted by Gasteiger charge is 2.20. The highest BCUT2D eigenvalue weighted by atomic mass is 32.2. The number of hydrogen-bond acceptors (Lipinski definition) is 5. The summed E-state index contributed by atoms with van der Waals surface area (Å²) < 4.78 is 31.9. The summed E-state index contributed by atoms with van der Waals surface area (Å²) in [4.78, 5) is 14.2. The summed E-state index contributed by atoms with van der Waals surface area (Å²) in [6.07, 6.45) is 0.852. The fourth-order valence-electron chi connectivity index (χ4n) is 2.59. The van der Waals surface area contributed by atoms with E-state index in [0.29, 0.717) is 12.1 Å². The molecule has 0 aromatic heterocycles. The predicted molar refractivity (Wildman–Crippen MR) is 78.9 cm³/mol. The number of carbonyl (C=O) groups excluding carboxylic acids is 1. The van der Waals surface area contributed by atoms with Crippen LogP contribution in [0.3, 0.4) is 0 Å². The van der Waals surface area contributed by atoms with Crippen molar-refractivity contribution in [1.82, 2.24) is 0 Å². The van der Waals surface area contributed by atoms with Crippen molar-refractivity contribution in [3.05, 3.63) is 29.3 Å². The van der Waals surface area contributed by atoms with Crippen LogP contribution in [-0.2, 0) is 10.1 Å². The lowest BCUT2D eigenvalue weighted by Gasteiger charge is -2.34. The van der Waals surface area contributed by atoms with E-state index < -0.39 is 10.1 Å². The molecule has 1 fully saturated rings. The number of quaternary nitrogens is 1. The molecule has 1 N–H and O–H groups in total. The molecular formula is C14H20N2O4S. The summed E-state index contributed by atoms with van der Waals surface area (Å²) in [5.74, 6) is -0.296. The van der Waals surface area contributed by atoms with Gasteiger partial charge in [-0.25, -0.2) is 8.42 Å². The molecular weight excluding hydrogens is 292 g/mol. The third-order valence-electron chi connectivity index (χ3n) is 3.92. The molecule has 0 spiro atoms. The average molecular weight is 312 g/mol. The SMILES string of the molecule is Cc1cc(N2CC[NH+](CCS(=O)(=O)[O-])CC2)ccc1C=O. The Morgan fingerprint density at radius 1 is 1.33 bits per heavy atom. The Morgan fingerprint density at radius 2 is 2.00 bits per heavy atom. The molecule has 2 rings (SSSR count). The standard InChI is InChI=1S/C14H20N2O4S/c1-12-10-14(3-2-13(12)11-17)16-6-4-15(5-7-16)8-9-21(18,19)20/h2-3,10-11H,4-9H2,1H3,(H,18,19,20). The molecule has 0 aliphatic carbocycles. The molecule has 1 aliphatic heterocycles. The Morgan fingerprint density at radius 3 is 2.52 bits per heavy atom. The van der Waals surface area contributed by atoms with Crippen molar-refractivity contribution >= 4 is 22.1 Å². The van der Waals surface area contributed by atoms with Gasteiger partial charge in [-0.05, 0) is 30.7 Å². The molecule has 0 bridgehead atoms. The van der Waals surface area contributed by atoms with E-state index in [0.717, 1.165) is 48.6 Å². The maximum atomic E-state index is 10.8. The molecule has 0 amide bonds. The van der Waals surface area contributed by atoms with Gasteiger partial charge in [-0.15, -0.1) is 0 Å². The second-order valence-corrected chi connectivity index (χ2v) is 6.93. The summed E-state index contributed by atoms with van der Waals surface area (Å²) in [5.41, 5.74) is 2.73. The number of benzene rings is 1. The Labute approximate surface area is 125 Å². The summed E-state index contributed by atoms with van der Waals surface area (Å²) in [5, 5.41) is 0. The van der Waals surface area contributed by atoms with Crippen LogP contribution in [0.1, 0.15) is 15.9 Å². The fraction of sp³-hybridized carbons (Fsp3) is 0.500. The van der Waals surface area contributed by atoms with Gasteiger partial charge in [-0.1, -0.05) is 0 Å². The Balaban J connectivity index is 1.92. The van der Waals surface area contributed by atoms with Gasteiger partial charge < -0.3 is 14.4 Å². The molecule has 0 radical (unpaired) electrons. The molecule has 1 aromatic carbocycles. The molecule has 1 aromatic rings. The molecule has 7 heteroatoms. The van der Waals surface area contributed by atoms with E-state index in [2.05, 4.69) is 4.90 Å². The lowest BCUT2D eigenvalue weighted by Crippen LogP contribution is -3.15. The zero-order chi connectivity index (χ0) is 15.5. The molecule has 1 heterocycles. The number of piperazine rings is 1. The second-order valence-electron chi connectivity index (χ2n) is 5.41. The van der Waals surface area contributed by atoms with Gasteiger partial charge in [0.05, 0.1) is 38.5 Å². The highest BCUT2D eigenvalue weighted by molar-refractivity contribution is 7.85. The molecule has 1 aliphatic rings. The van der Waals surface area contributed by atoms with Crippen molar-refractivity contribution in [2.75, 3.05) is 43.4 Å². The normalized spacial score (nSPS) is 17.0. The van der Waals surface area contributed by atoms with Crippen molar-refractivity contribution in [1.29, 1.82) is 0 Å². The van der Waals surface area contributed by atoms with Crippen LogP contribution in [0.5, 0.6) is 0 Å². The van der Waals surface area contributed by atoms with Gasteiger partial charge in [0.2, 0.25) is 0 Å². The molecule has 21 heavy (non-hydrogen) atoms. The maximum Gasteiger partial charge on any atom is 0.150 e. The fourth-order valence-corrected chi connectivity index (χ4v) is 3.13. The van der Waals surface area contributed by atoms with Crippen LogP contribution in [0.4, 0.5) is 5.69 Å². The summed E-state index contributed by atoms with van der Waals surface area (Å²) >= 11 is 0.